The number of hydrogen-bond donors (Lipinski definition) is 0. The van der Waals surface area contributed by atoms with Crippen LogP contribution in [-0.4, -0.2) is 74.0 Å². The van der Waals surface area contributed by atoms with Crippen LogP contribution < -0.4 is 9.64 Å². The Bertz CT molecular complexity index is 1380. The van der Waals surface area contributed by atoms with E-state index in [0.717, 1.165) is 29.1 Å². The van der Waals surface area contributed by atoms with Crippen LogP contribution in [0.2, 0.25) is 5.02 Å². The van der Waals surface area contributed by atoms with E-state index in [2.05, 4.69) is 16.2 Å². The van der Waals surface area contributed by atoms with Gasteiger partial charge in [-0.3, -0.25) is 4.79 Å². The van der Waals surface area contributed by atoms with E-state index in [-0.39, 0.29) is 5.91 Å². The molecule has 3 aromatic rings. The Labute approximate surface area is 233 Å². The molecule has 4 rings (SSSR count). The number of aromatic nitrogens is 1. The number of likely N-dealkylation sites (N-methyl/N-ethyl adjacent to an activating group) is 1. The summed E-state index contributed by atoms with van der Waals surface area (Å²) >= 11 is 8.06. The van der Waals surface area contributed by atoms with Crippen LogP contribution in [0.3, 0.4) is 0 Å². The third-order valence-corrected chi connectivity index (χ3v) is 7.86. The Morgan fingerprint density at radius 3 is 2.61 bits per heavy atom. The van der Waals surface area contributed by atoms with Gasteiger partial charge in [-0.1, -0.05) is 36.8 Å². The summed E-state index contributed by atoms with van der Waals surface area (Å²) in [4.78, 5) is 18.5. The highest BCUT2D eigenvalue weighted by atomic mass is 35.5. The highest BCUT2D eigenvalue weighted by Crippen LogP contribution is 2.43. The molecule has 0 unspecified atom stereocenters. The molecule has 0 bridgehead atoms. The molecule has 1 saturated heterocycles. The summed E-state index contributed by atoms with van der Waals surface area (Å²) in [6.45, 7) is 7.24. The monoisotopic (exact) mass is 556 g/mol. The van der Waals surface area contributed by atoms with Crippen LogP contribution in [0, 0.1) is 12.7 Å². The molecule has 2 aromatic carbocycles. The first-order valence-electron chi connectivity index (χ1n) is 12.7. The topological polar surface area (TPSA) is 48.9 Å². The number of allylic oxidation sites excluding steroid dienone is 1. The molecule has 9 heteroatoms. The van der Waals surface area contributed by atoms with Gasteiger partial charge in [0.25, 0.3) is 0 Å². The number of ether oxygens (including phenoxy) is 1. The predicted molar refractivity (Wildman–Crippen MR) is 157 cm³/mol. The smallest absolute Gasteiger partial charge is 0.246 e. The van der Waals surface area contributed by atoms with E-state index in [0.29, 0.717) is 59.0 Å². The van der Waals surface area contributed by atoms with E-state index in [9.17, 15) is 4.79 Å². The Morgan fingerprint density at radius 2 is 1.95 bits per heavy atom. The molecule has 0 saturated carbocycles. The van der Waals surface area contributed by atoms with Gasteiger partial charge in [-0.2, -0.15) is 4.37 Å². The molecule has 0 radical (unpaired) electrons. The second-order valence-electron chi connectivity index (χ2n) is 9.62. The molecule has 2 heterocycles. The fourth-order valence-corrected chi connectivity index (χ4v) is 5.82. The molecule has 1 fully saturated rings. The van der Waals surface area contributed by atoms with Crippen molar-refractivity contribution in [3.8, 4) is 16.9 Å². The molecule has 0 atom stereocenters. The number of nitrogens with zero attached hydrogens (tertiary/aromatic N) is 4. The van der Waals surface area contributed by atoms with Crippen LogP contribution in [0.25, 0.3) is 28.1 Å². The first-order chi connectivity index (χ1) is 18.2. The van der Waals surface area contributed by atoms with Gasteiger partial charge in [0.1, 0.15) is 16.3 Å². The number of carbonyl (C=O) groups excluding carboxylic acids is 1. The lowest BCUT2D eigenvalue weighted by Gasteiger charge is -2.34. The fraction of sp³-hybridized carbons (Fsp3) is 0.379. The van der Waals surface area contributed by atoms with Crippen molar-refractivity contribution in [2.75, 3.05) is 58.8 Å². The first-order valence-corrected chi connectivity index (χ1v) is 13.9. The number of amides is 1. The summed E-state index contributed by atoms with van der Waals surface area (Å²) in [6.07, 6.45) is 8.43. The number of methoxy groups -OCH3 is 1. The van der Waals surface area contributed by atoms with Crippen LogP contribution in [0.5, 0.6) is 5.75 Å². The van der Waals surface area contributed by atoms with E-state index in [4.69, 9.17) is 16.3 Å². The Kier molecular flexibility index (Phi) is 9.07. The number of halogens is 2. The number of benzene rings is 2. The zero-order valence-electron chi connectivity index (χ0n) is 22.6. The maximum Gasteiger partial charge on any atom is 0.246 e. The molecular formula is C29H34ClFN4O2S. The third kappa shape index (κ3) is 5.87. The molecule has 0 spiro atoms. The number of fused-ring (bicyclic) bond motifs is 1. The van der Waals surface area contributed by atoms with Gasteiger partial charge in [0.2, 0.25) is 5.91 Å². The normalized spacial score (nSPS) is 14.5. The van der Waals surface area contributed by atoms with Gasteiger partial charge in [0.05, 0.1) is 12.1 Å². The van der Waals surface area contributed by atoms with Crippen LogP contribution >= 0.6 is 23.1 Å². The molecular weight excluding hydrogens is 523 g/mol. The number of anilines is 1. The summed E-state index contributed by atoms with van der Waals surface area (Å²) < 4.78 is 26.1. The largest absolute Gasteiger partial charge is 0.497 e. The summed E-state index contributed by atoms with van der Waals surface area (Å²) in [7, 11) is 5.53. The predicted octanol–water partition coefficient (Wildman–Crippen LogP) is 6.26. The molecule has 1 amide bonds. The van der Waals surface area contributed by atoms with Crippen molar-refractivity contribution in [2.45, 2.75) is 20.3 Å². The van der Waals surface area contributed by atoms with Crippen molar-refractivity contribution in [2.24, 2.45) is 0 Å². The average molecular weight is 557 g/mol. The van der Waals surface area contributed by atoms with Crippen molar-refractivity contribution in [3.05, 3.63) is 58.4 Å². The molecule has 1 aromatic heterocycles. The van der Waals surface area contributed by atoms with Gasteiger partial charge in [-0.15, -0.1) is 0 Å². The first kappa shape index (κ1) is 28.1. The standard InChI is InChI=1S/C29H34ClFN4O2S/c1-6-7-9-21-19(2)16-20(37-5)17-22(21)26-24(30)18-23-28(27(26)31)32-38-29(23)35-14-12-34(13-15-35)25(36)10-8-11-33(3)4/h7-10,16-18H,6,11-15H2,1-5H3/b9-7-,10-8+. The van der Waals surface area contributed by atoms with Crippen molar-refractivity contribution in [1.82, 2.24) is 14.2 Å². The summed E-state index contributed by atoms with van der Waals surface area (Å²) in [5.41, 5.74) is 3.19. The highest BCUT2D eigenvalue weighted by Gasteiger charge is 2.26. The van der Waals surface area contributed by atoms with Crippen LogP contribution in [0.1, 0.15) is 24.5 Å². The second kappa shape index (κ2) is 12.3. The Balaban J connectivity index is 1.64. The minimum atomic E-state index is -0.436. The summed E-state index contributed by atoms with van der Waals surface area (Å²) in [5.74, 6) is 0.221. The second-order valence-corrected chi connectivity index (χ2v) is 10.8. The average Bonchev–Trinajstić information content (AvgIpc) is 3.31. The van der Waals surface area contributed by atoms with Crippen molar-refractivity contribution >= 4 is 51.0 Å². The molecule has 38 heavy (non-hydrogen) atoms. The highest BCUT2D eigenvalue weighted by molar-refractivity contribution is 7.11. The fourth-order valence-electron chi connectivity index (χ4n) is 4.62. The van der Waals surface area contributed by atoms with Crippen LogP contribution in [0.15, 0.2) is 36.4 Å². The summed E-state index contributed by atoms with van der Waals surface area (Å²) in [6, 6.07) is 5.58. The van der Waals surface area contributed by atoms with E-state index < -0.39 is 5.82 Å². The quantitative estimate of drug-likeness (QED) is 0.306. The zero-order valence-corrected chi connectivity index (χ0v) is 24.1. The third-order valence-electron chi connectivity index (χ3n) is 6.64. The number of rotatable bonds is 8. The number of hydrogen-bond acceptors (Lipinski definition) is 6. The van der Waals surface area contributed by atoms with E-state index >= 15 is 4.39 Å². The van der Waals surface area contributed by atoms with E-state index in [1.165, 1.54) is 11.5 Å². The van der Waals surface area contributed by atoms with Gasteiger partial charge < -0.3 is 19.4 Å². The lowest BCUT2D eigenvalue weighted by molar-refractivity contribution is -0.126. The van der Waals surface area contributed by atoms with Crippen molar-refractivity contribution in [3.63, 3.8) is 0 Å². The lowest BCUT2D eigenvalue weighted by atomic mass is 9.93. The van der Waals surface area contributed by atoms with Gasteiger partial charge in [-0.25, -0.2) is 4.39 Å². The van der Waals surface area contributed by atoms with Gasteiger partial charge in [0.15, 0.2) is 5.82 Å². The number of carbonyl (C=O) groups is 1. The van der Waals surface area contributed by atoms with Crippen LogP contribution in [0.4, 0.5) is 9.39 Å². The Morgan fingerprint density at radius 1 is 1.21 bits per heavy atom. The zero-order chi connectivity index (χ0) is 27.4. The van der Waals surface area contributed by atoms with Crippen molar-refractivity contribution < 1.29 is 13.9 Å². The maximum absolute atomic E-state index is 16.1. The molecule has 0 aliphatic carbocycles. The number of aryl methyl sites for hydroxylation is 1. The molecule has 6 nitrogen and oxygen atoms in total. The SMILES string of the molecule is CC/C=C\c1c(C)cc(OC)cc1-c1c(Cl)cc2c(N3CCN(C(=O)/C=C/CN(C)C)CC3)snc2c1F. The minimum Gasteiger partial charge on any atom is -0.497 e. The number of piperazine rings is 1. The van der Waals surface area contributed by atoms with Gasteiger partial charge in [-0.05, 0) is 73.9 Å². The van der Waals surface area contributed by atoms with Gasteiger partial charge >= 0.3 is 0 Å². The van der Waals surface area contributed by atoms with Crippen LogP contribution in [-0.2, 0) is 4.79 Å². The van der Waals surface area contributed by atoms with Crippen molar-refractivity contribution in [1.29, 1.82) is 0 Å². The lowest BCUT2D eigenvalue weighted by Crippen LogP contribution is -2.48. The molecule has 202 valence electrons. The van der Waals surface area contributed by atoms with E-state index in [1.807, 2.05) is 67.2 Å². The maximum atomic E-state index is 16.1. The molecule has 1 aliphatic heterocycles. The minimum absolute atomic E-state index is 0.0147. The molecule has 0 N–H and O–H groups in total. The van der Waals surface area contributed by atoms with E-state index in [1.54, 1.807) is 13.2 Å². The summed E-state index contributed by atoms with van der Waals surface area (Å²) in [5, 5.41) is 1.89. The van der Waals surface area contributed by atoms with Gasteiger partial charge in [0, 0.05) is 49.7 Å². The Hall–Kier alpha value is -2.94. The molecule has 1 aliphatic rings.